The fraction of sp³-hybridized carbons (Fsp3) is 0.647. The normalized spacial score (nSPS) is 22.5. The number of piperazine rings is 1. The van der Waals surface area contributed by atoms with Gasteiger partial charge in [-0.2, -0.15) is 5.10 Å². The van der Waals surface area contributed by atoms with Crippen LogP contribution in [-0.2, 0) is 16.1 Å². The quantitative estimate of drug-likeness (QED) is 0.411. The number of hydrogen-bond acceptors (Lipinski definition) is 5. The van der Waals surface area contributed by atoms with E-state index < -0.39 is 24.1 Å². The molecule has 3 fully saturated rings. The first-order valence-electron chi connectivity index (χ1n) is 16.5. The zero-order valence-corrected chi connectivity index (χ0v) is 27.1. The van der Waals surface area contributed by atoms with Gasteiger partial charge in [-0.1, -0.05) is 52.2 Å². The largest absolute Gasteiger partial charge is 0.465 e. The van der Waals surface area contributed by atoms with Gasteiger partial charge in [0, 0.05) is 31.9 Å². The molecule has 0 unspecified atom stereocenters. The molecule has 1 saturated carbocycles. The van der Waals surface area contributed by atoms with Crippen molar-refractivity contribution in [2.45, 2.75) is 103 Å². The highest BCUT2D eigenvalue weighted by Crippen LogP contribution is 2.35. The molecule has 3 aliphatic rings. The van der Waals surface area contributed by atoms with E-state index >= 15 is 0 Å². The van der Waals surface area contributed by atoms with Crippen LogP contribution in [0, 0.1) is 17.2 Å². The Labute approximate surface area is 265 Å². The predicted octanol–water partition coefficient (Wildman–Crippen LogP) is 4.90. The van der Waals surface area contributed by atoms with Crippen LogP contribution < -0.4 is 5.32 Å². The van der Waals surface area contributed by atoms with E-state index in [1.165, 1.54) is 17.0 Å². The Morgan fingerprint density at radius 3 is 2.42 bits per heavy atom. The molecule has 0 radical (unpaired) electrons. The zero-order valence-electron chi connectivity index (χ0n) is 27.1. The molecule has 1 aromatic heterocycles. The molecule has 2 aliphatic heterocycles. The summed E-state index contributed by atoms with van der Waals surface area (Å²) in [7, 11) is 0. The molecule has 3 amide bonds. The maximum Gasteiger partial charge on any atom is 0.407 e. The molecule has 1 aliphatic carbocycles. The molecular formula is C34H49FN6O4. The summed E-state index contributed by atoms with van der Waals surface area (Å²) in [6.07, 6.45) is 7.64. The van der Waals surface area contributed by atoms with Gasteiger partial charge < -0.3 is 15.3 Å². The Hall–Kier alpha value is -3.47. The second-order valence-corrected chi connectivity index (χ2v) is 14.4. The van der Waals surface area contributed by atoms with Crippen LogP contribution in [0.25, 0.3) is 0 Å². The topological polar surface area (TPSA) is 111 Å². The van der Waals surface area contributed by atoms with E-state index in [9.17, 15) is 23.9 Å². The number of carbonyl (C=O) groups is 3. The van der Waals surface area contributed by atoms with Gasteiger partial charge in [-0.25, -0.2) is 9.18 Å². The maximum absolute atomic E-state index is 14.7. The van der Waals surface area contributed by atoms with Crippen LogP contribution in [0.3, 0.4) is 0 Å². The van der Waals surface area contributed by atoms with Crippen molar-refractivity contribution in [3.8, 4) is 0 Å². The highest BCUT2D eigenvalue weighted by atomic mass is 19.1. The minimum absolute atomic E-state index is 0.0124. The minimum Gasteiger partial charge on any atom is -0.465 e. The van der Waals surface area contributed by atoms with E-state index in [4.69, 9.17) is 5.10 Å². The summed E-state index contributed by atoms with van der Waals surface area (Å²) in [5.74, 6) is -0.841. The van der Waals surface area contributed by atoms with E-state index in [2.05, 4.69) is 10.2 Å². The number of rotatable bonds is 9. The van der Waals surface area contributed by atoms with E-state index in [1.54, 1.807) is 19.1 Å². The second-order valence-electron chi connectivity index (χ2n) is 14.4. The first-order valence-corrected chi connectivity index (χ1v) is 16.5. The first kappa shape index (κ1) is 32.9. The van der Waals surface area contributed by atoms with Crippen LogP contribution in [-0.4, -0.2) is 91.8 Å². The summed E-state index contributed by atoms with van der Waals surface area (Å²) in [6, 6.07) is 6.63. The summed E-state index contributed by atoms with van der Waals surface area (Å²) < 4.78 is 15.3. The smallest absolute Gasteiger partial charge is 0.407 e. The monoisotopic (exact) mass is 624 g/mol. The Balaban J connectivity index is 1.40. The van der Waals surface area contributed by atoms with Gasteiger partial charge in [0.05, 0.1) is 18.3 Å². The van der Waals surface area contributed by atoms with Crippen molar-refractivity contribution in [1.29, 1.82) is 0 Å². The highest BCUT2D eigenvalue weighted by molar-refractivity contribution is 5.91. The van der Waals surface area contributed by atoms with E-state index in [1.807, 2.05) is 42.6 Å². The Bertz CT molecular complexity index is 1330. The summed E-state index contributed by atoms with van der Waals surface area (Å²) >= 11 is 0. The Morgan fingerprint density at radius 1 is 1.04 bits per heavy atom. The third-order valence-corrected chi connectivity index (χ3v) is 9.66. The van der Waals surface area contributed by atoms with Crippen LogP contribution in [0.4, 0.5) is 9.18 Å². The standard InChI is InChI=1S/C34H49FN6O4/c1-23(41(33(44)45)22-34(2,3)4)31(42)36-30(25-9-6-5-7-10-25)32(43)40-20-27-11-8-17-38(27)21-29(40)28-16-18-39(37-28)19-24-12-14-26(35)15-13-24/h12-16,18,23,25,27,29-30H,5-11,17,19-22H2,1-4H3,(H,36,42)(H,44,45)/t23-,27+,29-,30-/m0/s1. The molecule has 4 atom stereocenters. The van der Waals surface area contributed by atoms with Crippen LogP contribution >= 0.6 is 0 Å². The Morgan fingerprint density at radius 2 is 1.76 bits per heavy atom. The van der Waals surface area contributed by atoms with Crippen molar-refractivity contribution in [2.24, 2.45) is 11.3 Å². The summed E-state index contributed by atoms with van der Waals surface area (Å²) in [6.45, 7) is 10.3. The van der Waals surface area contributed by atoms with Crippen molar-refractivity contribution < 1.29 is 23.9 Å². The van der Waals surface area contributed by atoms with Crippen molar-refractivity contribution in [2.75, 3.05) is 26.2 Å². The fourth-order valence-corrected chi connectivity index (χ4v) is 7.26. The summed E-state index contributed by atoms with van der Waals surface area (Å²) in [4.78, 5) is 46.1. The number of carbonyl (C=O) groups excluding carboxylic acids is 2. The van der Waals surface area contributed by atoms with Gasteiger partial charge in [-0.3, -0.25) is 24.1 Å². The van der Waals surface area contributed by atoms with Crippen molar-refractivity contribution >= 4 is 17.9 Å². The number of hydrogen-bond donors (Lipinski definition) is 2. The average molecular weight is 625 g/mol. The first-order chi connectivity index (χ1) is 21.4. The highest BCUT2D eigenvalue weighted by Gasteiger charge is 2.44. The molecule has 0 bridgehead atoms. The van der Waals surface area contributed by atoms with Crippen molar-refractivity contribution in [1.82, 2.24) is 29.8 Å². The molecule has 3 heterocycles. The van der Waals surface area contributed by atoms with Gasteiger partial charge in [0.15, 0.2) is 0 Å². The predicted molar refractivity (Wildman–Crippen MR) is 169 cm³/mol. The number of fused-ring (bicyclic) bond motifs is 1. The number of nitrogens with one attached hydrogen (secondary N) is 1. The molecule has 2 aromatic rings. The van der Waals surface area contributed by atoms with E-state index in [0.29, 0.717) is 19.6 Å². The lowest BCUT2D eigenvalue weighted by molar-refractivity contribution is -0.145. The van der Waals surface area contributed by atoms with Gasteiger partial charge in [-0.15, -0.1) is 0 Å². The summed E-state index contributed by atoms with van der Waals surface area (Å²) in [5, 5.41) is 17.9. The van der Waals surface area contributed by atoms with Gasteiger partial charge in [-0.05, 0) is 74.2 Å². The molecule has 2 saturated heterocycles. The molecule has 45 heavy (non-hydrogen) atoms. The number of nitrogens with zero attached hydrogens (tertiary/aromatic N) is 5. The number of benzene rings is 1. The SMILES string of the molecule is C[C@@H](C(=O)N[C@H](C(=O)N1C[C@H]2CCCN2C[C@H]1c1ccn(Cc2ccc(F)cc2)n1)C1CCCCC1)N(CC(C)(C)C)C(=O)O. The number of aromatic nitrogens is 2. The zero-order chi connectivity index (χ0) is 32.3. The van der Waals surface area contributed by atoms with Crippen LogP contribution in [0.5, 0.6) is 0 Å². The third kappa shape index (κ3) is 8.04. The molecule has 10 nitrogen and oxygen atoms in total. The van der Waals surface area contributed by atoms with E-state index in [0.717, 1.165) is 62.7 Å². The van der Waals surface area contributed by atoms with Gasteiger partial charge in [0.1, 0.15) is 17.9 Å². The lowest BCUT2D eigenvalue weighted by Gasteiger charge is -2.45. The van der Waals surface area contributed by atoms with Crippen molar-refractivity contribution in [3.63, 3.8) is 0 Å². The van der Waals surface area contributed by atoms with Crippen LogP contribution in [0.15, 0.2) is 36.5 Å². The molecule has 11 heteroatoms. The maximum atomic E-state index is 14.7. The molecule has 246 valence electrons. The average Bonchev–Trinajstić information content (AvgIpc) is 3.67. The van der Waals surface area contributed by atoms with Gasteiger partial charge in [0.25, 0.3) is 0 Å². The van der Waals surface area contributed by atoms with Crippen LogP contribution in [0.1, 0.15) is 89.9 Å². The van der Waals surface area contributed by atoms with Crippen molar-refractivity contribution in [3.05, 3.63) is 53.6 Å². The minimum atomic E-state index is -1.15. The van der Waals surface area contributed by atoms with E-state index in [-0.39, 0.29) is 41.7 Å². The Kier molecular flexibility index (Phi) is 10.2. The lowest BCUT2D eigenvalue weighted by Crippen LogP contribution is -2.61. The fourth-order valence-electron chi connectivity index (χ4n) is 7.26. The molecular weight excluding hydrogens is 575 g/mol. The number of carboxylic acid groups (broad SMARTS) is 1. The number of amides is 3. The lowest BCUT2D eigenvalue weighted by atomic mass is 9.82. The molecule has 2 N–H and O–H groups in total. The number of halogens is 1. The molecule has 1 aromatic carbocycles. The molecule has 0 spiro atoms. The van der Waals surface area contributed by atoms with Crippen LogP contribution in [0.2, 0.25) is 0 Å². The van der Waals surface area contributed by atoms with Gasteiger partial charge >= 0.3 is 6.09 Å². The molecule has 5 rings (SSSR count). The van der Waals surface area contributed by atoms with Gasteiger partial charge in [0.2, 0.25) is 11.8 Å². The summed E-state index contributed by atoms with van der Waals surface area (Å²) in [5.41, 5.74) is 1.39. The third-order valence-electron chi connectivity index (χ3n) is 9.66. The second kappa shape index (κ2) is 13.9.